The van der Waals surface area contributed by atoms with Crippen LogP contribution in [0.3, 0.4) is 0 Å². The van der Waals surface area contributed by atoms with Gasteiger partial charge in [0, 0.05) is 23.8 Å². The van der Waals surface area contributed by atoms with Gasteiger partial charge in [-0.15, -0.1) is 0 Å². The maximum absolute atomic E-state index is 13.6. The Morgan fingerprint density at radius 2 is 1.84 bits per heavy atom. The highest BCUT2D eigenvalue weighted by Gasteiger charge is 2.70. The van der Waals surface area contributed by atoms with Gasteiger partial charge in [0.25, 0.3) is 0 Å². The number of nitrogens with one attached hydrogen (secondary N) is 2. The first-order chi connectivity index (χ1) is 14.8. The van der Waals surface area contributed by atoms with Crippen LogP contribution in [0.15, 0.2) is 48.5 Å². The molecule has 3 aliphatic rings. The van der Waals surface area contributed by atoms with Crippen LogP contribution in [0.2, 0.25) is 0 Å². The molecule has 2 saturated heterocycles. The van der Waals surface area contributed by atoms with Crippen LogP contribution in [0.1, 0.15) is 23.6 Å². The van der Waals surface area contributed by atoms with Crippen molar-refractivity contribution in [3.8, 4) is 0 Å². The number of nitrogens with zero attached hydrogens (tertiary/aromatic N) is 1. The van der Waals surface area contributed by atoms with Gasteiger partial charge in [-0.05, 0) is 31.9 Å². The zero-order valence-corrected chi connectivity index (χ0v) is 17.5. The minimum atomic E-state index is -1.36. The quantitative estimate of drug-likeness (QED) is 0.650. The molecular formula is C24H25N3O4. The standard InChI is InChI=1S/C24H25N3O4/c1-13-8-9-17-16(12-13)24(23(31)25-17)19-18(20(26-24)14(2)28)21(29)27(22(19)30)11-10-15-6-4-3-5-7-15/h3-9,12,14,18-20,26,28H,10-11H2,1-2H3,(H,25,31)/t14-,18+,19-,20+,24-/m1/s1. The monoisotopic (exact) mass is 419 g/mol. The minimum absolute atomic E-state index is 0.250. The van der Waals surface area contributed by atoms with E-state index >= 15 is 0 Å². The van der Waals surface area contributed by atoms with E-state index in [4.69, 9.17) is 0 Å². The predicted octanol–water partition coefficient (Wildman–Crippen LogP) is 1.34. The SMILES string of the molecule is Cc1ccc2c(c1)[C@]1(N[C@@H]([C@@H](C)O)[C@H]3C(=O)N(CCc4ccccc4)C(=O)[C@@H]31)C(=O)N2. The number of hydrogen-bond acceptors (Lipinski definition) is 5. The molecule has 3 aliphatic heterocycles. The molecule has 0 aliphatic carbocycles. The molecule has 2 fully saturated rings. The maximum atomic E-state index is 13.6. The molecular weight excluding hydrogens is 394 g/mol. The summed E-state index contributed by atoms with van der Waals surface area (Å²) in [5.41, 5.74) is 1.92. The number of benzene rings is 2. The van der Waals surface area contributed by atoms with Crippen LogP contribution in [-0.2, 0) is 26.3 Å². The number of anilines is 1. The van der Waals surface area contributed by atoms with Gasteiger partial charge >= 0.3 is 0 Å². The molecule has 7 nitrogen and oxygen atoms in total. The van der Waals surface area contributed by atoms with Gasteiger partial charge in [-0.2, -0.15) is 0 Å². The summed E-state index contributed by atoms with van der Waals surface area (Å²) in [6.45, 7) is 3.75. The maximum Gasteiger partial charge on any atom is 0.250 e. The van der Waals surface area contributed by atoms with Crippen LogP contribution in [-0.4, -0.2) is 46.4 Å². The lowest BCUT2D eigenvalue weighted by atomic mass is 9.76. The van der Waals surface area contributed by atoms with E-state index in [-0.39, 0.29) is 24.3 Å². The van der Waals surface area contributed by atoms with Gasteiger partial charge in [-0.25, -0.2) is 0 Å². The molecule has 3 heterocycles. The van der Waals surface area contributed by atoms with Gasteiger partial charge in [0.05, 0.1) is 17.9 Å². The summed E-state index contributed by atoms with van der Waals surface area (Å²) in [6.07, 6.45) is -0.362. The van der Waals surface area contributed by atoms with Crippen LogP contribution in [0.5, 0.6) is 0 Å². The second kappa shape index (κ2) is 7.00. The smallest absolute Gasteiger partial charge is 0.250 e. The Kier molecular flexibility index (Phi) is 4.50. The number of likely N-dealkylation sites (tertiary alicyclic amines) is 1. The first-order valence-electron chi connectivity index (χ1n) is 10.6. The van der Waals surface area contributed by atoms with Crippen LogP contribution in [0.25, 0.3) is 0 Å². The Hall–Kier alpha value is -3.03. The van der Waals surface area contributed by atoms with Crippen molar-refractivity contribution >= 4 is 23.4 Å². The first-order valence-corrected chi connectivity index (χ1v) is 10.6. The normalized spacial score (nSPS) is 30.0. The third-order valence-electron chi connectivity index (χ3n) is 6.88. The zero-order valence-electron chi connectivity index (χ0n) is 17.5. The number of carbonyl (C=O) groups excluding carboxylic acids is 3. The number of hydrogen-bond donors (Lipinski definition) is 3. The largest absolute Gasteiger partial charge is 0.392 e. The fourth-order valence-corrected chi connectivity index (χ4v) is 5.43. The molecule has 31 heavy (non-hydrogen) atoms. The topological polar surface area (TPSA) is 98.7 Å². The van der Waals surface area contributed by atoms with E-state index in [1.54, 1.807) is 6.92 Å². The molecule has 2 aromatic rings. The van der Waals surface area contributed by atoms with Crippen molar-refractivity contribution in [1.29, 1.82) is 0 Å². The van der Waals surface area contributed by atoms with Crippen molar-refractivity contribution in [3.05, 3.63) is 65.2 Å². The summed E-state index contributed by atoms with van der Waals surface area (Å²) in [7, 11) is 0. The Bertz CT molecular complexity index is 1080. The Morgan fingerprint density at radius 1 is 1.10 bits per heavy atom. The highest BCUT2D eigenvalue weighted by Crippen LogP contribution is 2.53. The van der Waals surface area contributed by atoms with E-state index in [0.717, 1.165) is 11.1 Å². The lowest BCUT2D eigenvalue weighted by molar-refractivity contribution is -0.143. The van der Waals surface area contributed by atoms with Gasteiger partial charge in [-0.1, -0.05) is 48.0 Å². The minimum Gasteiger partial charge on any atom is -0.392 e. The van der Waals surface area contributed by atoms with Crippen molar-refractivity contribution in [1.82, 2.24) is 10.2 Å². The zero-order chi connectivity index (χ0) is 21.9. The molecule has 3 N–H and O–H groups in total. The highest BCUT2D eigenvalue weighted by atomic mass is 16.3. The summed E-state index contributed by atoms with van der Waals surface area (Å²) in [4.78, 5) is 41.5. The number of rotatable bonds is 4. The van der Waals surface area contributed by atoms with Gasteiger partial charge in [-0.3, -0.25) is 24.6 Å². The molecule has 0 radical (unpaired) electrons. The number of amides is 3. The van der Waals surface area contributed by atoms with Gasteiger partial charge in [0.1, 0.15) is 5.54 Å². The lowest BCUT2D eigenvalue weighted by Crippen LogP contribution is -2.55. The molecule has 0 bridgehead atoms. The summed E-state index contributed by atoms with van der Waals surface area (Å²) >= 11 is 0. The van der Waals surface area contributed by atoms with Crippen LogP contribution < -0.4 is 10.6 Å². The molecule has 0 aromatic heterocycles. The second-order valence-electron chi connectivity index (χ2n) is 8.79. The highest BCUT2D eigenvalue weighted by molar-refractivity contribution is 6.15. The number of aliphatic hydroxyl groups excluding tert-OH is 1. The van der Waals surface area contributed by atoms with Crippen molar-refractivity contribution in [3.63, 3.8) is 0 Å². The molecule has 5 rings (SSSR count). The van der Waals surface area contributed by atoms with Crippen molar-refractivity contribution < 1.29 is 19.5 Å². The first kappa shape index (κ1) is 19.9. The Labute approximate surface area is 180 Å². The van der Waals surface area contributed by atoms with E-state index < -0.39 is 29.5 Å². The summed E-state index contributed by atoms with van der Waals surface area (Å²) < 4.78 is 0. The molecule has 7 heteroatoms. The third kappa shape index (κ3) is 2.77. The molecule has 0 saturated carbocycles. The number of aliphatic hydroxyl groups is 1. The van der Waals surface area contributed by atoms with Crippen molar-refractivity contribution in [2.24, 2.45) is 11.8 Å². The van der Waals surface area contributed by atoms with Crippen molar-refractivity contribution in [2.45, 2.75) is 38.0 Å². The van der Waals surface area contributed by atoms with E-state index in [9.17, 15) is 19.5 Å². The van der Waals surface area contributed by atoms with Crippen LogP contribution >= 0.6 is 0 Å². The lowest BCUT2D eigenvalue weighted by Gasteiger charge is -2.30. The Morgan fingerprint density at radius 3 is 2.55 bits per heavy atom. The Balaban J connectivity index is 1.55. The number of carbonyl (C=O) groups is 3. The number of aryl methyl sites for hydroxylation is 1. The van der Waals surface area contributed by atoms with E-state index in [0.29, 0.717) is 17.7 Å². The molecule has 0 unspecified atom stereocenters. The van der Waals surface area contributed by atoms with Crippen LogP contribution in [0, 0.1) is 18.8 Å². The summed E-state index contributed by atoms with van der Waals surface area (Å²) in [5.74, 6) is -2.71. The fourth-order valence-electron chi connectivity index (χ4n) is 5.43. The number of imide groups is 1. The second-order valence-corrected chi connectivity index (χ2v) is 8.79. The molecule has 2 aromatic carbocycles. The van der Waals surface area contributed by atoms with E-state index in [1.807, 2.05) is 55.5 Å². The average Bonchev–Trinajstić information content (AvgIpc) is 3.33. The predicted molar refractivity (Wildman–Crippen MR) is 114 cm³/mol. The molecule has 1 spiro atoms. The average molecular weight is 419 g/mol. The van der Waals surface area contributed by atoms with Crippen LogP contribution in [0.4, 0.5) is 5.69 Å². The van der Waals surface area contributed by atoms with Crippen molar-refractivity contribution in [2.75, 3.05) is 11.9 Å². The van der Waals surface area contributed by atoms with E-state index in [2.05, 4.69) is 10.6 Å². The molecule has 160 valence electrons. The summed E-state index contributed by atoms with van der Waals surface area (Å²) in [6, 6.07) is 14.6. The third-order valence-corrected chi connectivity index (χ3v) is 6.88. The molecule has 3 amide bonds. The van der Waals surface area contributed by atoms with E-state index in [1.165, 1.54) is 4.90 Å². The fraction of sp³-hybridized carbons (Fsp3) is 0.375. The summed E-state index contributed by atoms with van der Waals surface area (Å²) in [5, 5.41) is 16.6. The number of fused-ring (bicyclic) bond motifs is 4. The van der Waals surface area contributed by atoms with Gasteiger partial charge in [0.15, 0.2) is 0 Å². The van der Waals surface area contributed by atoms with Gasteiger partial charge in [0.2, 0.25) is 17.7 Å². The molecule has 5 atom stereocenters. The van der Waals surface area contributed by atoms with Gasteiger partial charge < -0.3 is 10.4 Å².